The van der Waals surface area contributed by atoms with Crippen LogP contribution in [0.4, 0.5) is 4.79 Å². The molecular weight excluding hydrogens is 422 g/mol. The summed E-state index contributed by atoms with van der Waals surface area (Å²) in [5, 5.41) is -1.18. The molecule has 0 unspecified atom stereocenters. The Morgan fingerprint density at radius 2 is 1.80 bits per heavy atom. The van der Waals surface area contributed by atoms with E-state index in [1.807, 2.05) is 6.92 Å². The number of rotatable bonds is 10. The van der Waals surface area contributed by atoms with Crippen LogP contribution in [0.1, 0.15) is 52.9 Å². The number of carbonyl (C=O) groups is 4. The standard InChI is InChI=1S/C18H27NO10S/c1-4-5-6-7-8-26-17(23)29-11-28-16(22)15-18(3,10-27-12(2)20)30(24,25)14-9-13(21)19(14)15/h14-15H,4-11H2,1-3H3/t14-,15+,18+/m1/s1. The zero-order valence-electron chi connectivity index (χ0n) is 17.2. The first-order valence-electron chi connectivity index (χ1n) is 9.70. The van der Waals surface area contributed by atoms with Crippen LogP contribution in [0.25, 0.3) is 0 Å². The molecule has 30 heavy (non-hydrogen) atoms. The van der Waals surface area contributed by atoms with Crippen LogP contribution >= 0.6 is 0 Å². The predicted molar refractivity (Wildman–Crippen MR) is 101 cm³/mol. The third-order valence-electron chi connectivity index (χ3n) is 5.19. The second kappa shape index (κ2) is 9.63. The van der Waals surface area contributed by atoms with Gasteiger partial charge in [-0.3, -0.25) is 9.59 Å². The number of fused-ring (bicyclic) bond motifs is 1. The normalized spacial score (nSPS) is 26.4. The number of sulfone groups is 1. The van der Waals surface area contributed by atoms with E-state index in [9.17, 15) is 27.6 Å². The minimum Gasteiger partial charge on any atom is -0.464 e. The van der Waals surface area contributed by atoms with E-state index in [0.717, 1.165) is 31.1 Å². The monoisotopic (exact) mass is 449 g/mol. The summed E-state index contributed by atoms with van der Waals surface area (Å²) in [4.78, 5) is 48.1. The number of ether oxygens (including phenoxy) is 4. The zero-order chi connectivity index (χ0) is 22.5. The fourth-order valence-electron chi connectivity index (χ4n) is 3.44. The molecule has 2 aliphatic rings. The number of unbranched alkanes of at least 4 members (excludes halogenated alkanes) is 3. The number of carbonyl (C=O) groups excluding carboxylic acids is 4. The van der Waals surface area contributed by atoms with Crippen LogP contribution in [-0.2, 0) is 43.2 Å². The highest BCUT2D eigenvalue weighted by Crippen LogP contribution is 2.46. The van der Waals surface area contributed by atoms with E-state index in [-0.39, 0.29) is 13.0 Å². The van der Waals surface area contributed by atoms with Crippen molar-refractivity contribution in [2.45, 2.75) is 69.0 Å². The van der Waals surface area contributed by atoms with Crippen molar-refractivity contribution in [3.05, 3.63) is 0 Å². The Balaban J connectivity index is 1.96. The molecule has 1 amide bonds. The molecule has 0 aromatic carbocycles. The molecule has 170 valence electrons. The van der Waals surface area contributed by atoms with E-state index in [4.69, 9.17) is 14.2 Å². The molecule has 11 nitrogen and oxygen atoms in total. The number of esters is 2. The Hall–Kier alpha value is -2.37. The summed E-state index contributed by atoms with van der Waals surface area (Å²) in [5.74, 6) is -2.35. The molecule has 2 rings (SSSR count). The largest absolute Gasteiger partial charge is 0.511 e. The Bertz CT molecular complexity index is 795. The molecule has 0 radical (unpaired) electrons. The molecule has 0 N–H and O–H groups in total. The van der Waals surface area contributed by atoms with Crippen molar-refractivity contribution in [3.8, 4) is 0 Å². The van der Waals surface area contributed by atoms with Gasteiger partial charge in [0.1, 0.15) is 16.7 Å². The van der Waals surface area contributed by atoms with E-state index in [1.54, 1.807) is 0 Å². The first-order valence-corrected chi connectivity index (χ1v) is 11.2. The Kier molecular flexibility index (Phi) is 7.67. The van der Waals surface area contributed by atoms with Crippen molar-refractivity contribution in [1.29, 1.82) is 0 Å². The van der Waals surface area contributed by atoms with Gasteiger partial charge in [0.2, 0.25) is 12.7 Å². The second-order valence-corrected chi connectivity index (χ2v) is 9.95. The average molecular weight is 449 g/mol. The van der Waals surface area contributed by atoms with E-state index >= 15 is 0 Å². The van der Waals surface area contributed by atoms with Gasteiger partial charge >= 0.3 is 18.1 Å². The number of amides is 1. The van der Waals surface area contributed by atoms with Gasteiger partial charge in [-0.1, -0.05) is 26.2 Å². The minimum absolute atomic E-state index is 0.165. The van der Waals surface area contributed by atoms with E-state index in [1.165, 1.54) is 6.92 Å². The highest BCUT2D eigenvalue weighted by Gasteiger charge is 2.70. The number of nitrogens with zero attached hydrogens (tertiary/aromatic N) is 1. The van der Waals surface area contributed by atoms with Crippen molar-refractivity contribution >= 4 is 33.8 Å². The summed E-state index contributed by atoms with van der Waals surface area (Å²) in [7, 11) is -4.02. The van der Waals surface area contributed by atoms with Crippen molar-refractivity contribution in [3.63, 3.8) is 0 Å². The maximum atomic E-state index is 12.8. The lowest BCUT2D eigenvalue weighted by atomic mass is 9.97. The molecule has 2 aliphatic heterocycles. The van der Waals surface area contributed by atoms with Crippen LogP contribution in [-0.4, -0.2) is 73.5 Å². The summed E-state index contributed by atoms with van der Waals surface area (Å²) in [5.41, 5.74) is 0. The molecule has 0 bridgehead atoms. The first-order chi connectivity index (χ1) is 14.1. The quantitative estimate of drug-likeness (QED) is 0.155. The highest BCUT2D eigenvalue weighted by molar-refractivity contribution is 7.94. The van der Waals surface area contributed by atoms with Crippen LogP contribution in [0.3, 0.4) is 0 Å². The second-order valence-electron chi connectivity index (χ2n) is 7.38. The molecule has 2 fully saturated rings. The van der Waals surface area contributed by atoms with E-state index < -0.39 is 63.4 Å². The molecule has 2 heterocycles. The van der Waals surface area contributed by atoms with Crippen molar-refractivity contribution in [2.75, 3.05) is 20.0 Å². The van der Waals surface area contributed by atoms with Gasteiger partial charge in [-0.2, -0.15) is 0 Å². The van der Waals surface area contributed by atoms with E-state index in [0.29, 0.717) is 6.42 Å². The smallest absolute Gasteiger partial charge is 0.464 e. The van der Waals surface area contributed by atoms with Crippen LogP contribution in [0.15, 0.2) is 0 Å². The summed E-state index contributed by atoms with van der Waals surface area (Å²) in [6.45, 7) is 3.10. The van der Waals surface area contributed by atoms with Gasteiger partial charge in [0, 0.05) is 6.92 Å². The predicted octanol–water partition coefficient (Wildman–Crippen LogP) is 0.898. The average Bonchev–Trinajstić information content (AvgIpc) is 2.81. The van der Waals surface area contributed by atoms with Crippen LogP contribution in [0, 0.1) is 0 Å². The molecule has 0 aromatic heterocycles. The maximum absolute atomic E-state index is 12.8. The van der Waals surface area contributed by atoms with E-state index in [2.05, 4.69) is 4.74 Å². The molecule has 0 saturated carbocycles. The molecular formula is C18H27NO10S. The Morgan fingerprint density at radius 3 is 2.40 bits per heavy atom. The minimum atomic E-state index is -4.02. The summed E-state index contributed by atoms with van der Waals surface area (Å²) < 4.78 is 43.0. The van der Waals surface area contributed by atoms with Crippen LogP contribution in [0.5, 0.6) is 0 Å². The van der Waals surface area contributed by atoms with Crippen LogP contribution < -0.4 is 0 Å². The first kappa shape index (κ1) is 23.9. The van der Waals surface area contributed by atoms with Gasteiger partial charge in [-0.25, -0.2) is 18.0 Å². The summed E-state index contributed by atoms with van der Waals surface area (Å²) >= 11 is 0. The zero-order valence-corrected chi connectivity index (χ0v) is 18.1. The van der Waals surface area contributed by atoms with Gasteiger partial charge in [-0.05, 0) is 13.3 Å². The van der Waals surface area contributed by atoms with Gasteiger partial charge in [-0.15, -0.1) is 0 Å². The molecule has 12 heteroatoms. The summed E-state index contributed by atoms with van der Waals surface area (Å²) in [6.07, 6.45) is 2.34. The van der Waals surface area contributed by atoms with Gasteiger partial charge in [0.15, 0.2) is 15.9 Å². The SMILES string of the molecule is CCCCCCOC(=O)OCOC(=O)[C@@H]1N2C(=O)C[C@H]2S(=O)(=O)[C@@]1(C)COC(C)=O. The summed E-state index contributed by atoms with van der Waals surface area (Å²) in [6, 6.07) is -1.53. The van der Waals surface area contributed by atoms with Crippen LogP contribution in [0.2, 0.25) is 0 Å². The maximum Gasteiger partial charge on any atom is 0.511 e. The van der Waals surface area contributed by atoms with Crippen molar-refractivity contribution < 1.29 is 46.5 Å². The van der Waals surface area contributed by atoms with Crippen molar-refractivity contribution in [1.82, 2.24) is 4.90 Å². The third-order valence-corrected chi connectivity index (χ3v) is 7.94. The molecule has 3 atom stereocenters. The molecule has 0 aliphatic carbocycles. The molecule has 0 spiro atoms. The molecule has 0 aromatic rings. The lowest BCUT2D eigenvalue weighted by Gasteiger charge is -2.36. The highest BCUT2D eigenvalue weighted by atomic mass is 32.2. The number of β-lactam (4-membered cyclic amide) rings is 1. The number of hydrogen-bond acceptors (Lipinski definition) is 10. The Labute approximate surface area is 174 Å². The van der Waals surface area contributed by atoms with Crippen molar-refractivity contribution in [2.24, 2.45) is 0 Å². The lowest BCUT2D eigenvalue weighted by molar-refractivity contribution is -0.169. The lowest BCUT2D eigenvalue weighted by Crippen LogP contribution is -2.58. The van der Waals surface area contributed by atoms with Gasteiger partial charge in [0.05, 0.1) is 13.0 Å². The fourth-order valence-corrected chi connectivity index (χ4v) is 5.71. The fraction of sp³-hybridized carbons (Fsp3) is 0.778. The Morgan fingerprint density at radius 1 is 1.10 bits per heavy atom. The number of hydrogen-bond donors (Lipinski definition) is 0. The van der Waals surface area contributed by atoms with Gasteiger partial charge < -0.3 is 23.8 Å². The van der Waals surface area contributed by atoms with Gasteiger partial charge in [0.25, 0.3) is 0 Å². The topological polar surface area (TPSA) is 143 Å². The molecule has 2 saturated heterocycles. The third kappa shape index (κ3) is 4.68.